The zero-order valence-corrected chi connectivity index (χ0v) is 10.9. The maximum atomic E-state index is 11.9. The van der Waals surface area contributed by atoms with Crippen molar-refractivity contribution >= 4 is 15.7 Å². The summed E-state index contributed by atoms with van der Waals surface area (Å²) in [5.41, 5.74) is 5.18. The quantitative estimate of drug-likeness (QED) is 0.724. The highest BCUT2D eigenvalue weighted by molar-refractivity contribution is 7.91. The minimum atomic E-state index is -2.87. The highest BCUT2D eigenvalue weighted by Gasteiger charge is 2.44. The molecule has 2 unspecified atom stereocenters. The highest BCUT2D eigenvalue weighted by atomic mass is 32.2. The predicted octanol–water partition coefficient (Wildman–Crippen LogP) is -0.335. The summed E-state index contributed by atoms with van der Waals surface area (Å²) in [6.07, 6.45) is 2.67. The normalized spacial score (nSPS) is 30.8. The number of nitrogens with two attached hydrogens (primary N) is 1. The van der Waals surface area contributed by atoms with Crippen LogP contribution in [0.2, 0.25) is 0 Å². The highest BCUT2D eigenvalue weighted by Crippen LogP contribution is 2.38. The van der Waals surface area contributed by atoms with Gasteiger partial charge in [-0.1, -0.05) is 0 Å². The molecule has 2 atom stereocenters. The van der Waals surface area contributed by atoms with Gasteiger partial charge in [-0.25, -0.2) is 8.42 Å². The van der Waals surface area contributed by atoms with Gasteiger partial charge in [-0.05, 0) is 38.0 Å². The molecule has 0 aromatic rings. The van der Waals surface area contributed by atoms with Gasteiger partial charge in [0.2, 0.25) is 5.91 Å². The average Bonchev–Trinajstić information content (AvgIpc) is 3.01. The van der Waals surface area contributed by atoms with Gasteiger partial charge >= 0.3 is 0 Å². The van der Waals surface area contributed by atoms with E-state index in [9.17, 15) is 13.2 Å². The van der Waals surface area contributed by atoms with Gasteiger partial charge in [-0.15, -0.1) is 0 Å². The molecule has 0 spiro atoms. The van der Waals surface area contributed by atoms with E-state index in [-0.39, 0.29) is 29.2 Å². The number of carbonyl (C=O) groups is 1. The van der Waals surface area contributed by atoms with E-state index in [2.05, 4.69) is 5.32 Å². The van der Waals surface area contributed by atoms with Crippen LogP contribution in [0.1, 0.15) is 26.2 Å². The van der Waals surface area contributed by atoms with Crippen molar-refractivity contribution in [2.45, 2.75) is 31.7 Å². The van der Waals surface area contributed by atoms with Gasteiger partial charge < -0.3 is 11.1 Å². The summed E-state index contributed by atoms with van der Waals surface area (Å²) in [7, 11) is -2.87. The smallest absolute Gasteiger partial charge is 0.240 e. The third kappa shape index (κ3) is 2.98. The lowest BCUT2D eigenvalue weighted by Crippen LogP contribution is -2.54. The summed E-state index contributed by atoms with van der Waals surface area (Å²) in [5, 5.41) is 2.80. The molecule has 0 radical (unpaired) electrons. The summed E-state index contributed by atoms with van der Waals surface area (Å²) < 4.78 is 22.5. The second-order valence-corrected chi connectivity index (χ2v) is 7.76. The first kappa shape index (κ1) is 12.8. The third-order valence-electron chi connectivity index (χ3n) is 3.79. The van der Waals surface area contributed by atoms with Crippen molar-refractivity contribution in [2.75, 3.05) is 18.1 Å². The first-order valence-electron chi connectivity index (χ1n) is 6.09. The van der Waals surface area contributed by atoms with Crippen molar-refractivity contribution in [3.8, 4) is 0 Å². The fraction of sp³-hybridized carbons (Fsp3) is 0.909. The Morgan fingerprint density at radius 1 is 1.41 bits per heavy atom. The molecule has 1 aliphatic heterocycles. The number of nitrogens with one attached hydrogen (secondary N) is 1. The minimum absolute atomic E-state index is 0.0546. The number of sulfone groups is 1. The van der Waals surface area contributed by atoms with Crippen molar-refractivity contribution in [2.24, 2.45) is 17.6 Å². The summed E-state index contributed by atoms with van der Waals surface area (Å²) >= 11 is 0. The summed E-state index contributed by atoms with van der Waals surface area (Å²) in [4.78, 5) is 11.9. The van der Waals surface area contributed by atoms with Gasteiger partial charge in [0.15, 0.2) is 9.84 Å². The molecule has 3 N–H and O–H groups in total. The molecule has 0 aromatic heterocycles. The van der Waals surface area contributed by atoms with E-state index in [0.717, 1.165) is 12.8 Å². The molecule has 5 nitrogen and oxygen atoms in total. The Hall–Kier alpha value is -0.620. The van der Waals surface area contributed by atoms with Gasteiger partial charge in [0.05, 0.1) is 17.0 Å². The van der Waals surface area contributed by atoms with Crippen LogP contribution in [0, 0.1) is 11.8 Å². The summed E-state index contributed by atoms with van der Waals surface area (Å²) in [5.74, 6) is 0.631. The zero-order chi connectivity index (χ0) is 12.7. The minimum Gasteiger partial charge on any atom is -0.354 e. The van der Waals surface area contributed by atoms with Gasteiger partial charge in [0.1, 0.15) is 0 Å². The topological polar surface area (TPSA) is 89.3 Å². The molecule has 1 saturated heterocycles. The van der Waals surface area contributed by atoms with Gasteiger partial charge in [0.25, 0.3) is 0 Å². The first-order chi connectivity index (χ1) is 7.81. The molecule has 1 amide bonds. The van der Waals surface area contributed by atoms with E-state index in [0.29, 0.717) is 13.0 Å². The molecule has 98 valence electrons. The number of rotatable bonds is 4. The molecular formula is C11H20N2O3S. The molecule has 1 aliphatic carbocycles. The molecule has 17 heavy (non-hydrogen) atoms. The Labute approximate surface area is 102 Å². The number of amides is 1. The number of hydrogen-bond acceptors (Lipinski definition) is 4. The van der Waals surface area contributed by atoms with Crippen LogP contribution < -0.4 is 11.1 Å². The van der Waals surface area contributed by atoms with Crippen molar-refractivity contribution in [1.82, 2.24) is 5.32 Å². The van der Waals surface area contributed by atoms with Crippen molar-refractivity contribution in [3.05, 3.63) is 0 Å². The Balaban J connectivity index is 1.81. The summed E-state index contributed by atoms with van der Waals surface area (Å²) in [6, 6.07) is 0. The van der Waals surface area contributed by atoms with Crippen LogP contribution in [0.3, 0.4) is 0 Å². The fourth-order valence-corrected chi connectivity index (χ4v) is 4.19. The molecule has 0 bridgehead atoms. The van der Waals surface area contributed by atoms with Crippen LogP contribution in [-0.2, 0) is 14.6 Å². The van der Waals surface area contributed by atoms with Crippen molar-refractivity contribution < 1.29 is 13.2 Å². The van der Waals surface area contributed by atoms with Crippen LogP contribution >= 0.6 is 0 Å². The molecule has 1 saturated carbocycles. The second-order valence-electron chi connectivity index (χ2n) is 5.54. The van der Waals surface area contributed by atoms with Crippen molar-refractivity contribution in [1.29, 1.82) is 0 Å². The summed E-state index contributed by atoms with van der Waals surface area (Å²) in [6.45, 7) is 2.18. The lowest BCUT2D eigenvalue weighted by Gasteiger charge is -2.24. The van der Waals surface area contributed by atoms with E-state index in [1.165, 1.54) is 0 Å². The zero-order valence-electron chi connectivity index (χ0n) is 10.1. The van der Waals surface area contributed by atoms with E-state index in [4.69, 9.17) is 5.73 Å². The monoisotopic (exact) mass is 260 g/mol. The van der Waals surface area contributed by atoms with Gasteiger partial charge in [-0.3, -0.25) is 4.79 Å². The fourth-order valence-electron chi connectivity index (χ4n) is 2.33. The van der Waals surface area contributed by atoms with Crippen LogP contribution in [0.15, 0.2) is 0 Å². The number of hydrogen-bond donors (Lipinski definition) is 2. The van der Waals surface area contributed by atoms with Gasteiger partial charge in [0, 0.05) is 6.54 Å². The largest absolute Gasteiger partial charge is 0.354 e. The van der Waals surface area contributed by atoms with E-state index < -0.39 is 15.4 Å². The molecule has 6 heteroatoms. The lowest BCUT2D eigenvalue weighted by atomic mass is 9.96. The SMILES string of the molecule is CC(N)(C(=O)NCC1CCS(=O)(=O)C1)C1CC1. The standard InChI is InChI=1S/C11H20N2O3S/c1-11(12,9-2-3-9)10(14)13-6-8-4-5-17(15,16)7-8/h8-9H,2-7,12H2,1H3,(H,13,14). The Morgan fingerprint density at radius 3 is 2.53 bits per heavy atom. The Bertz CT molecular complexity index is 412. The lowest BCUT2D eigenvalue weighted by molar-refractivity contribution is -0.126. The average molecular weight is 260 g/mol. The Kier molecular flexibility index (Phi) is 3.20. The van der Waals surface area contributed by atoms with Crippen molar-refractivity contribution in [3.63, 3.8) is 0 Å². The molecule has 2 rings (SSSR count). The van der Waals surface area contributed by atoms with E-state index in [1.54, 1.807) is 6.92 Å². The molecule has 0 aromatic carbocycles. The number of carbonyl (C=O) groups excluding carboxylic acids is 1. The second kappa shape index (κ2) is 4.24. The Morgan fingerprint density at radius 2 is 2.06 bits per heavy atom. The first-order valence-corrected chi connectivity index (χ1v) is 7.91. The third-order valence-corrected chi connectivity index (χ3v) is 5.63. The molecule has 2 fully saturated rings. The van der Waals surface area contributed by atoms with Crippen LogP contribution in [0.5, 0.6) is 0 Å². The van der Waals surface area contributed by atoms with E-state index >= 15 is 0 Å². The van der Waals surface area contributed by atoms with E-state index in [1.807, 2.05) is 0 Å². The maximum absolute atomic E-state index is 11.9. The van der Waals surface area contributed by atoms with Crippen LogP contribution in [0.4, 0.5) is 0 Å². The molecule has 2 aliphatic rings. The molecule has 1 heterocycles. The van der Waals surface area contributed by atoms with Crippen LogP contribution in [-0.4, -0.2) is 37.9 Å². The predicted molar refractivity (Wildman–Crippen MR) is 65.1 cm³/mol. The molecular weight excluding hydrogens is 240 g/mol. The van der Waals surface area contributed by atoms with Gasteiger partial charge in [-0.2, -0.15) is 0 Å². The maximum Gasteiger partial charge on any atom is 0.240 e. The van der Waals surface area contributed by atoms with Crippen LogP contribution in [0.25, 0.3) is 0 Å².